The van der Waals surface area contributed by atoms with Gasteiger partial charge in [0.1, 0.15) is 0 Å². The Morgan fingerprint density at radius 2 is 1.88 bits per heavy atom. The molecule has 4 nitrogen and oxygen atoms in total. The molecule has 0 bridgehead atoms. The molecule has 0 spiro atoms. The van der Waals surface area contributed by atoms with Crippen molar-refractivity contribution in [1.29, 1.82) is 0 Å². The molecule has 0 fully saturated rings. The van der Waals surface area contributed by atoms with E-state index < -0.39 is 11.9 Å². The zero-order valence-corrected chi connectivity index (χ0v) is 11.0. The van der Waals surface area contributed by atoms with Gasteiger partial charge in [0.05, 0.1) is 0 Å². The van der Waals surface area contributed by atoms with Crippen LogP contribution >= 0.6 is 0 Å². The van der Waals surface area contributed by atoms with E-state index in [4.69, 9.17) is 0 Å². The van der Waals surface area contributed by atoms with Crippen molar-refractivity contribution in [3.63, 3.8) is 0 Å². The summed E-state index contributed by atoms with van der Waals surface area (Å²) in [5, 5.41) is 0. The molecule has 1 atom stereocenters. The molecular formula is C13H22O4. The molecule has 0 aromatic carbocycles. The Balaban J connectivity index is 4.03. The van der Waals surface area contributed by atoms with E-state index in [0.717, 1.165) is 25.7 Å². The average Bonchev–Trinajstić information content (AvgIpc) is 2.30. The van der Waals surface area contributed by atoms with Crippen molar-refractivity contribution in [2.24, 2.45) is 5.92 Å². The van der Waals surface area contributed by atoms with Gasteiger partial charge < -0.3 is 0 Å². The summed E-state index contributed by atoms with van der Waals surface area (Å²) >= 11 is 0. The third kappa shape index (κ3) is 7.55. The van der Waals surface area contributed by atoms with Crippen LogP contribution in [-0.2, 0) is 19.4 Å². The van der Waals surface area contributed by atoms with Gasteiger partial charge in [0.2, 0.25) is 0 Å². The van der Waals surface area contributed by atoms with Crippen molar-refractivity contribution < 1.29 is 19.4 Å². The van der Waals surface area contributed by atoms with Crippen molar-refractivity contribution in [2.75, 3.05) is 0 Å². The molecule has 0 aliphatic heterocycles. The van der Waals surface area contributed by atoms with E-state index in [9.17, 15) is 9.59 Å². The summed E-state index contributed by atoms with van der Waals surface area (Å²) in [6.07, 6.45) is 4.95. The Morgan fingerprint density at radius 3 is 2.35 bits per heavy atom. The topological polar surface area (TPSA) is 52.6 Å². The average molecular weight is 242 g/mol. The van der Waals surface area contributed by atoms with E-state index in [1.54, 1.807) is 0 Å². The molecule has 0 aromatic heterocycles. The second-order valence-corrected chi connectivity index (χ2v) is 4.17. The standard InChI is InChI=1S/C13H22O4/c1-5-7-8-12(6-2)9-10(3)13(15)17-16-11(4)14/h12H,3,5-9H2,1-2,4H3. The van der Waals surface area contributed by atoms with Crippen molar-refractivity contribution in [3.8, 4) is 0 Å². The Labute approximate surface area is 103 Å². The number of rotatable bonds is 7. The van der Waals surface area contributed by atoms with E-state index >= 15 is 0 Å². The second kappa shape index (κ2) is 8.79. The molecule has 0 saturated heterocycles. The summed E-state index contributed by atoms with van der Waals surface area (Å²) in [5.41, 5.74) is 0.356. The van der Waals surface area contributed by atoms with Gasteiger partial charge in [-0.05, 0) is 12.3 Å². The summed E-state index contributed by atoms with van der Waals surface area (Å²) in [5.74, 6) is -0.869. The summed E-state index contributed by atoms with van der Waals surface area (Å²) in [6, 6.07) is 0. The third-order valence-electron chi connectivity index (χ3n) is 2.60. The van der Waals surface area contributed by atoms with Crippen molar-refractivity contribution in [3.05, 3.63) is 12.2 Å². The van der Waals surface area contributed by atoms with Crippen LogP contribution in [0.2, 0.25) is 0 Å². The van der Waals surface area contributed by atoms with E-state index in [-0.39, 0.29) is 0 Å². The third-order valence-corrected chi connectivity index (χ3v) is 2.60. The molecular weight excluding hydrogens is 220 g/mol. The first-order valence-corrected chi connectivity index (χ1v) is 6.08. The Bertz CT molecular complexity index is 271. The lowest BCUT2D eigenvalue weighted by molar-refractivity contribution is -0.254. The van der Waals surface area contributed by atoms with Crippen LogP contribution in [0.4, 0.5) is 0 Å². The number of carbonyl (C=O) groups is 2. The van der Waals surface area contributed by atoms with Crippen LogP contribution in [0.5, 0.6) is 0 Å². The Hall–Kier alpha value is -1.32. The van der Waals surface area contributed by atoms with Crippen LogP contribution in [0, 0.1) is 5.92 Å². The maximum Gasteiger partial charge on any atom is 0.381 e. The molecule has 17 heavy (non-hydrogen) atoms. The van der Waals surface area contributed by atoms with Crippen molar-refractivity contribution in [2.45, 2.75) is 52.9 Å². The Kier molecular flexibility index (Phi) is 8.11. The monoisotopic (exact) mass is 242 g/mol. The minimum Gasteiger partial charge on any atom is -0.248 e. The summed E-state index contributed by atoms with van der Waals surface area (Å²) < 4.78 is 0. The zero-order valence-electron chi connectivity index (χ0n) is 11.0. The lowest BCUT2D eigenvalue weighted by Crippen LogP contribution is -2.13. The lowest BCUT2D eigenvalue weighted by atomic mass is 9.92. The predicted molar refractivity (Wildman–Crippen MR) is 64.9 cm³/mol. The van der Waals surface area contributed by atoms with E-state index in [1.165, 1.54) is 6.92 Å². The molecule has 0 aliphatic carbocycles. The molecule has 0 N–H and O–H groups in total. The summed E-state index contributed by atoms with van der Waals surface area (Å²) in [7, 11) is 0. The molecule has 1 unspecified atom stereocenters. The van der Waals surface area contributed by atoms with Gasteiger partial charge in [-0.25, -0.2) is 19.4 Å². The quantitative estimate of drug-likeness (QED) is 0.391. The number of unbranched alkanes of at least 4 members (excludes halogenated alkanes) is 1. The summed E-state index contributed by atoms with van der Waals surface area (Å²) in [4.78, 5) is 30.3. The number of carbonyl (C=O) groups excluding carboxylic acids is 2. The van der Waals surface area contributed by atoms with Gasteiger partial charge in [0.25, 0.3) is 0 Å². The molecule has 98 valence electrons. The van der Waals surface area contributed by atoms with Crippen LogP contribution in [0.25, 0.3) is 0 Å². The van der Waals surface area contributed by atoms with Crippen LogP contribution < -0.4 is 0 Å². The van der Waals surface area contributed by atoms with Gasteiger partial charge in [-0.2, -0.15) is 0 Å². The molecule has 0 heterocycles. The maximum absolute atomic E-state index is 11.4. The van der Waals surface area contributed by atoms with Gasteiger partial charge in [0, 0.05) is 12.5 Å². The minimum absolute atomic E-state index is 0.356. The molecule has 0 rings (SSSR count). The van der Waals surface area contributed by atoms with E-state index in [0.29, 0.717) is 17.9 Å². The molecule has 4 heteroatoms. The summed E-state index contributed by atoms with van der Waals surface area (Å²) in [6.45, 7) is 9.06. The fraction of sp³-hybridized carbons (Fsp3) is 0.692. The van der Waals surface area contributed by atoms with Crippen LogP contribution in [0.3, 0.4) is 0 Å². The molecule has 0 amide bonds. The zero-order chi connectivity index (χ0) is 13.3. The van der Waals surface area contributed by atoms with Crippen molar-refractivity contribution >= 4 is 11.9 Å². The number of hydrogen-bond donors (Lipinski definition) is 0. The highest BCUT2D eigenvalue weighted by Gasteiger charge is 2.16. The molecule has 0 radical (unpaired) electrons. The maximum atomic E-state index is 11.4. The second-order valence-electron chi connectivity index (χ2n) is 4.17. The van der Waals surface area contributed by atoms with E-state index in [2.05, 4.69) is 30.2 Å². The smallest absolute Gasteiger partial charge is 0.248 e. The lowest BCUT2D eigenvalue weighted by Gasteiger charge is -2.14. The highest BCUT2D eigenvalue weighted by atomic mass is 17.2. The fourth-order valence-electron chi connectivity index (χ4n) is 1.53. The first kappa shape index (κ1) is 15.7. The van der Waals surface area contributed by atoms with Gasteiger partial charge in [0.15, 0.2) is 0 Å². The number of hydrogen-bond acceptors (Lipinski definition) is 4. The van der Waals surface area contributed by atoms with Gasteiger partial charge in [-0.15, -0.1) is 0 Å². The highest BCUT2D eigenvalue weighted by Crippen LogP contribution is 2.21. The normalized spacial score (nSPS) is 11.7. The van der Waals surface area contributed by atoms with Gasteiger partial charge >= 0.3 is 11.9 Å². The first-order valence-electron chi connectivity index (χ1n) is 6.08. The highest BCUT2D eigenvalue weighted by molar-refractivity contribution is 5.87. The van der Waals surface area contributed by atoms with Crippen LogP contribution in [-0.4, -0.2) is 11.9 Å². The molecule has 0 aromatic rings. The Morgan fingerprint density at radius 1 is 1.24 bits per heavy atom. The molecule has 0 aliphatic rings. The molecule has 0 saturated carbocycles. The van der Waals surface area contributed by atoms with E-state index in [1.807, 2.05) is 0 Å². The largest absolute Gasteiger partial charge is 0.381 e. The van der Waals surface area contributed by atoms with Gasteiger partial charge in [-0.1, -0.05) is 46.1 Å². The first-order chi connectivity index (χ1) is 8.01. The van der Waals surface area contributed by atoms with Crippen molar-refractivity contribution in [1.82, 2.24) is 0 Å². The predicted octanol–water partition coefficient (Wildman–Crippen LogP) is 3.17. The van der Waals surface area contributed by atoms with Crippen LogP contribution in [0.1, 0.15) is 52.9 Å². The SMILES string of the molecule is C=C(CC(CC)CCCC)C(=O)OOC(C)=O. The van der Waals surface area contributed by atoms with Gasteiger partial charge in [-0.3, -0.25) is 0 Å². The van der Waals surface area contributed by atoms with Crippen LogP contribution in [0.15, 0.2) is 12.2 Å². The fourth-order valence-corrected chi connectivity index (χ4v) is 1.53. The minimum atomic E-state index is -0.657.